The minimum Gasteiger partial charge on any atom is -0.487 e. The summed E-state index contributed by atoms with van der Waals surface area (Å²) in [5.74, 6) is 0.187. The van der Waals surface area contributed by atoms with E-state index in [-0.39, 0.29) is 34.3 Å². The molecule has 1 N–H and O–H groups in total. The van der Waals surface area contributed by atoms with E-state index in [2.05, 4.69) is 15.5 Å². The Hall–Kier alpha value is -3.36. The van der Waals surface area contributed by atoms with Crippen LogP contribution in [0.4, 0.5) is 10.1 Å². The van der Waals surface area contributed by atoms with Gasteiger partial charge in [0, 0.05) is 29.9 Å². The van der Waals surface area contributed by atoms with Crippen LogP contribution in [-0.2, 0) is 4.84 Å². The van der Waals surface area contributed by atoms with Crippen LogP contribution < -0.4 is 14.8 Å². The number of hydrogen-bond donors (Lipinski definition) is 1. The molecular weight excluding hydrogens is 532 g/mol. The lowest BCUT2D eigenvalue weighted by molar-refractivity contribution is -0.0363. The first kappa shape index (κ1) is 26.3. The number of nitrogens with one attached hydrogen (secondary N) is 1. The van der Waals surface area contributed by atoms with Gasteiger partial charge in [-0.15, -0.1) is 0 Å². The molecule has 2 heterocycles. The van der Waals surface area contributed by atoms with Crippen molar-refractivity contribution in [3.05, 3.63) is 81.8 Å². The summed E-state index contributed by atoms with van der Waals surface area (Å²) in [7, 11) is 0. The van der Waals surface area contributed by atoms with Gasteiger partial charge >= 0.3 is 0 Å². The fourth-order valence-corrected chi connectivity index (χ4v) is 4.94. The van der Waals surface area contributed by atoms with Crippen LogP contribution in [0, 0.1) is 5.82 Å². The summed E-state index contributed by atoms with van der Waals surface area (Å²) in [5.41, 5.74) is 1.11. The van der Waals surface area contributed by atoms with Gasteiger partial charge in [-0.3, -0.25) is 9.78 Å². The van der Waals surface area contributed by atoms with E-state index in [0.29, 0.717) is 34.8 Å². The van der Waals surface area contributed by atoms with Crippen LogP contribution in [0.5, 0.6) is 11.5 Å². The molecular formula is C28H26Cl2FN3O4. The number of carbonyl (C=O) groups is 1. The van der Waals surface area contributed by atoms with Crippen LogP contribution in [0.1, 0.15) is 54.9 Å². The van der Waals surface area contributed by atoms with E-state index in [4.69, 9.17) is 37.5 Å². The molecule has 1 fully saturated rings. The van der Waals surface area contributed by atoms with E-state index in [1.807, 2.05) is 6.92 Å². The maximum atomic E-state index is 13.7. The first-order chi connectivity index (χ1) is 18.3. The van der Waals surface area contributed by atoms with Gasteiger partial charge in [-0.25, -0.2) is 4.39 Å². The van der Waals surface area contributed by atoms with Gasteiger partial charge in [-0.1, -0.05) is 40.5 Å². The van der Waals surface area contributed by atoms with Crippen LogP contribution in [0.25, 0.3) is 0 Å². The lowest BCUT2D eigenvalue weighted by atomic mass is 9.96. The van der Waals surface area contributed by atoms with Gasteiger partial charge < -0.3 is 19.6 Å². The van der Waals surface area contributed by atoms with Crippen LogP contribution >= 0.6 is 23.2 Å². The SMILES string of the molecule is CC1(COc2cc(C(=O)Nc3c(Cl)cncc3Cl)ccc2OC2CCCC2)CC(c2cccc(F)c2)=NO1. The molecule has 0 radical (unpaired) electrons. The number of pyridine rings is 1. The van der Waals surface area contributed by atoms with Crippen molar-refractivity contribution in [2.75, 3.05) is 11.9 Å². The number of oxime groups is 1. The second-order valence-electron chi connectivity index (χ2n) is 9.67. The topological polar surface area (TPSA) is 82.0 Å². The number of ether oxygens (including phenoxy) is 2. The Morgan fingerprint density at radius 2 is 1.89 bits per heavy atom. The minimum absolute atomic E-state index is 0.0905. The average Bonchev–Trinajstić information content (AvgIpc) is 3.56. The van der Waals surface area contributed by atoms with Gasteiger partial charge in [0.15, 0.2) is 17.1 Å². The third-order valence-corrected chi connectivity index (χ3v) is 7.08. The van der Waals surface area contributed by atoms with E-state index in [1.165, 1.54) is 24.5 Å². The number of aromatic nitrogens is 1. The van der Waals surface area contributed by atoms with Gasteiger partial charge in [-0.05, 0) is 62.9 Å². The van der Waals surface area contributed by atoms with Crippen molar-refractivity contribution in [1.82, 2.24) is 4.98 Å². The van der Waals surface area contributed by atoms with Crippen molar-refractivity contribution in [3.8, 4) is 11.5 Å². The number of benzene rings is 2. The largest absolute Gasteiger partial charge is 0.487 e. The first-order valence-corrected chi connectivity index (χ1v) is 13.1. The van der Waals surface area contributed by atoms with Crippen LogP contribution in [0.2, 0.25) is 10.0 Å². The molecule has 0 bridgehead atoms. The zero-order chi connectivity index (χ0) is 26.7. The lowest BCUT2D eigenvalue weighted by Gasteiger charge is -2.24. The quantitative estimate of drug-likeness (QED) is 0.320. The Morgan fingerprint density at radius 3 is 2.63 bits per heavy atom. The Kier molecular flexibility index (Phi) is 7.72. The summed E-state index contributed by atoms with van der Waals surface area (Å²) in [6.45, 7) is 1.99. The van der Waals surface area contributed by atoms with Crippen LogP contribution in [-0.4, -0.2) is 34.9 Å². The molecule has 38 heavy (non-hydrogen) atoms. The molecule has 0 saturated heterocycles. The molecule has 198 valence electrons. The Labute approximate surface area is 229 Å². The average molecular weight is 558 g/mol. The van der Waals surface area contributed by atoms with Crippen molar-refractivity contribution in [1.29, 1.82) is 0 Å². The molecule has 0 spiro atoms. The van der Waals surface area contributed by atoms with E-state index < -0.39 is 11.5 Å². The Morgan fingerprint density at radius 1 is 1.13 bits per heavy atom. The molecule has 1 amide bonds. The minimum atomic E-state index is -0.789. The molecule has 1 aliphatic heterocycles. The van der Waals surface area contributed by atoms with Gasteiger partial charge in [0.05, 0.1) is 27.5 Å². The zero-order valence-electron chi connectivity index (χ0n) is 20.7. The molecule has 10 heteroatoms. The highest BCUT2D eigenvalue weighted by molar-refractivity contribution is 6.39. The van der Waals surface area contributed by atoms with Gasteiger partial charge in [0.25, 0.3) is 5.91 Å². The summed E-state index contributed by atoms with van der Waals surface area (Å²) in [6, 6.07) is 11.2. The van der Waals surface area contributed by atoms with Gasteiger partial charge in [-0.2, -0.15) is 0 Å². The lowest BCUT2D eigenvalue weighted by Crippen LogP contribution is -2.33. The zero-order valence-corrected chi connectivity index (χ0v) is 22.2. The number of nitrogens with zero attached hydrogens (tertiary/aromatic N) is 2. The highest BCUT2D eigenvalue weighted by Gasteiger charge is 2.36. The number of halogens is 3. The number of rotatable bonds is 8. The summed E-state index contributed by atoms with van der Waals surface area (Å²) in [4.78, 5) is 22.7. The third-order valence-electron chi connectivity index (χ3n) is 6.50. The standard InChI is InChI=1S/C28H26Cl2FN3O4/c1-28(13-23(34-38-28)17-5-4-6-19(31)11-17)16-36-25-12-18(9-10-24(25)37-20-7-2-3-8-20)27(35)33-26-21(29)14-32-15-22(26)30/h4-6,9-12,14-15,20H,2-3,7-8,13,16H2,1H3,(H,32,33,35). The maximum absolute atomic E-state index is 13.7. The predicted octanol–water partition coefficient (Wildman–Crippen LogP) is 7.06. The summed E-state index contributed by atoms with van der Waals surface area (Å²) < 4.78 is 26.1. The number of carbonyl (C=O) groups excluding carboxylic acids is 1. The van der Waals surface area contributed by atoms with Gasteiger partial charge in [0.1, 0.15) is 12.4 Å². The molecule has 1 aliphatic carbocycles. The van der Waals surface area contributed by atoms with Crippen molar-refractivity contribution in [2.45, 2.75) is 50.7 Å². The third kappa shape index (κ3) is 6.03. The second-order valence-corrected chi connectivity index (χ2v) is 10.5. The van der Waals surface area contributed by atoms with E-state index in [9.17, 15) is 9.18 Å². The molecule has 2 aliphatic rings. The van der Waals surface area contributed by atoms with Crippen molar-refractivity contribution in [3.63, 3.8) is 0 Å². The smallest absolute Gasteiger partial charge is 0.255 e. The Balaban J connectivity index is 1.33. The molecule has 1 aromatic heterocycles. The number of anilines is 1. The predicted molar refractivity (Wildman–Crippen MR) is 144 cm³/mol. The molecule has 1 atom stereocenters. The van der Waals surface area contributed by atoms with Crippen LogP contribution in [0.3, 0.4) is 0 Å². The van der Waals surface area contributed by atoms with E-state index in [1.54, 1.807) is 30.3 Å². The summed E-state index contributed by atoms with van der Waals surface area (Å²) in [5, 5.41) is 7.36. The first-order valence-electron chi connectivity index (χ1n) is 12.3. The molecule has 1 unspecified atom stereocenters. The van der Waals surface area contributed by atoms with E-state index in [0.717, 1.165) is 25.7 Å². The second kappa shape index (κ2) is 11.2. The number of amides is 1. The Bertz CT molecular complexity index is 1360. The molecule has 7 nitrogen and oxygen atoms in total. The summed E-state index contributed by atoms with van der Waals surface area (Å²) in [6.07, 6.45) is 7.47. The molecule has 3 aromatic rings. The van der Waals surface area contributed by atoms with Crippen molar-refractivity contribution < 1.29 is 23.5 Å². The van der Waals surface area contributed by atoms with Crippen LogP contribution in [0.15, 0.2) is 60.0 Å². The van der Waals surface area contributed by atoms with Crippen molar-refractivity contribution >= 4 is 40.5 Å². The molecule has 5 rings (SSSR count). The summed E-state index contributed by atoms with van der Waals surface area (Å²) >= 11 is 12.3. The molecule has 1 saturated carbocycles. The monoisotopic (exact) mass is 557 g/mol. The van der Waals surface area contributed by atoms with Crippen molar-refractivity contribution in [2.24, 2.45) is 5.16 Å². The molecule has 2 aromatic carbocycles. The highest BCUT2D eigenvalue weighted by atomic mass is 35.5. The fraction of sp³-hybridized carbons (Fsp3) is 0.321. The number of hydrogen-bond acceptors (Lipinski definition) is 6. The van der Waals surface area contributed by atoms with E-state index >= 15 is 0 Å². The highest BCUT2D eigenvalue weighted by Crippen LogP contribution is 2.36. The van der Waals surface area contributed by atoms with Gasteiger partial charge in [0.2, 0.25) is 0 Å². The fourth-order valence-electron chi connectivity index (χ4n) is 4.48. The normalized spacial score (nSPS) is 19.1. The maximum Gasteiger partial charge on any atom is 0.255 e.